The Balaban J connectivity index is 1.92. The number of benzene rings is 1. The molecule has 0 aliphatic heterocycles. The van der Waals surface area contributed by atoms with Gasteiger partial charge < -0.3 is 14.5 Å². The van der Waals surface area contributed by atoms with E-state index in [0.717, 1.165) is 0 Å². The molecule has 0 aliphatic carbocycles. The first-order chi connectivity index (χ1) is 10.3. The summed E-state index contributed by atoms with van der Waals surface area (Å²) in [6.07, 6.45) is 0. The lowest BCUT2D eigenvalue weighted by Gasteiger charge is -2.07. The normalized spacial score (nSPS) is 10.4. The summed E-state index contributed by atoms with van der Waals surface area (Å²) in [5.74, 6) is -0.0646. The summed E-state index contributed by atoms with van der Waals surface area (Å²) in [5, 5.41) is 3.33. The zero-order valence-electron chi connectivity index (χ0n) is 11.9. The van der Waals surface area contributed by atoms with Crippen LogP contribution in [0.2, 0.25) is 10.0 Å². The maximum Gasteiger partial charge on any atom is 0.342 e. The zero-order chi connectivity index (χ0) is 16.3. The molecule has 0 saturated heterocycles. The molecule has 22 heavy (non-hydrogen) atoms. The molecule has 1 aromatic heterocycles. The minimum absolute atomic E-state index is 0.302. The molecule has 1 N–H and O–H groups in total. The summed E-state index contributed by atoms with van der Waals surface area (Å²) in [5.41, 5.74) is 0.727. The third-order valence-corrected chi connectivity index (χ3v) is 3.18. The van der Waals surface area contributed by atoms with Gasteiger partial charge in [-0.1, -0.05) is 23.2 Å². The molecule has 5 nitrogen and oxygen atoms in total. The fraction of sp³-hybridized carbons (Fsp3) is 0.200. The van der Waals surface area contributed by atoms with Crippen LogP contribution in [-0.4, -0.2) is 18.5 Å². The maximum absolute atomic E-state index is 11.8. The number of hydrogen-bond donors (Lipinski definition) is 1. The van der Waals surface area contributed by atoms with Crippen molar-refractivity contribution in [2.45, 2.75) is 13.8 Å². The van der Waals surface area contributed by atoms with Gasteiger partial charge in [0, 0.05) is 15.7 Å². The average molecular weight is 342 g/mol. The van der Waals surface area contributed by atoms with E-state index in [1.165, 1.54) is 12.1 Å². The molecule has 0 unspecified atom stereocenters. The van der Waals surface area contributed by atoms with Crippen molar-refractivity contribution < 1.29 is 18.7 Å². The van der Waals surface area contributed by atoms with Gasteiger partial charge in [0.1, 0.15) is 17.1 Å². The van der Waals surface area contributed by atoms with Crippen molar-refractivity contribution in [1.82, 2.24) is 0 Å². The van der Waals surface area contributed by atoms with Crippen molar-refractivity contribution in [3.05, 3.63) is 51.4 Å². The highest BCUT2D eigenvalue weighted by Gasteiger charge is 2.16. The van der Waals surface area contributed by atoms with Gasteiger partial charge in [-0.05, 0) is 38.1 Å². The molecule has 1 aromatic carbocycles. The Morgan fingerprint density at radius 3 is 2.32 bits per heavy atom. The van der Waals surface area contributed by atoms with Crippen LogP contribution in [0.4, 0.5) is 5.69 Å². The fourth-order valence-electron chi connectivity index (χ4n) is 1.87. The second kappa shape index (κ2) is 6.85. The minimum Gasteiger partial charge on any atom is -0.466 e. The molecule has 0 saturated carbocycles. The summed E-state index contributed by atoms with van der Waals surface area (Å²) < 4.78 is 10.2. The third kappa shape index (κ3) is 4.26. The number of rotatable bonds is 4. The van der Waals surface area contributed by atoms with E-state index in [2.05, 4.69) is 5.32 Å². The third-order valence-electron chi connectivity index (χ3n) is 2.74. The van der Waals surface area contributed by atoms with Crippen LogP contribution in [-0.2, 0) is 9.53 Å². The van der Waals surface area contributed by atoms with Gasteiger partial charge in [-0.2, -0.15) is 0 Å². The van der Waals surface area contributed by atoms with E-state index in [0.29, 0.717) is 32.8 Å². The van der Waals surface area contributed by atoms with Gasteiger partial charge in [0.25, 0.3) is 5.91 Å². The van der Waals surface area contributed by atoms with E-state index in [1.54, 1.807) is 26.0 Å². The van der Waals surface area contributed by atoms with Crippen LogP contribution < -0.4 is 5.32 Å². The van der Waals surface area contributed by atoms with Crippen molar-refractivity contribution in [3.8, 4) is 0 Å². The molecule has 0 atom stereocenters. The van der Waals surface area contributed by atoms with Crippen LogP contribution in [0.3, 0.4) is 0 Å². The van der Waals surface area contributed by atoms with Gasteiger partial charge in [0.15, 0.2) is 6.61 Å². The second-order valence-corrected chi connectivity index (χ2v) is 5.48. The molecular formula is C15H13Cl2NO4. The monoisotopic (exact) mass is 341 g/mol. The highest BCUT2D eigenvalue weighted by Crippen LogP contribution is 2.22. The number of halogens is 2. The number of nitrogens with one attached hydrogen (secondary N) is 1. The van der Waals surface area contributed by atoms with Crippen LogP contribution in [0.25, 0.3) is 0 Å². The van der Waals surface area contributed by atoms with Crippen molar-refractivity contribution >= 4 is 40.8 Å². The predicted octanol–water partition coefficient (Wildman–Crippen LogP) is 4.00. The number of anilines is 1. The van der Waals surface area contributed by atoms with Crippen molar-refractivity contribution in [2.75, 3.05) is 11.9 Å². The van der Waals surface area contributed by atoms with Crippen LogP contribution >= 0.6 is 23.2 Å². The first kappa shape index (κ1) is 16.4. The van der Waals surface area contributed by atoms with Crippen molar-refractivity contribution in [3.63, 3.8) is 0 Å². The van der Waals surface area contributed by atoms with Gasteiger partial charge >= 0.3 is 5.97 Å². The Morgan fingerprint density at radius 1 is 1.14 bits per heavy atom. The van der Waals surface area contributed by atoms with E-state index in [-0.39, 0.29) is 0 Å². The molecule has 0 bridgehead atoms. The molecule has 1 amide bonds. The van der Waals surface area contributed by atoms with E-state index >= 15 is 0 Å². The Labute approximate surface area is 137 Å². The number of amides is 1. The van der Waals surface area contributed by atoms with Crippen LogP contribution in [0.5, 0.6) is 0 Å². The minimum atomic E-state index is -0.617. The molecule has 0 radical (unpaired) electrons. The molecular weight excluding hydrogens is 329 g/mol. The Hall–Kier alpha value is -1.98. The van der Waals surface area contributed by atoms with Gasteiger partial charge in [-0.15, -0.1) is 0 Å². The molecule has 116 valence electrons. The number of carbonyl (C=O) groups is 2. The summed E-state index contributed by atoms with van der Waals surface area (Å²) in [6.45, 7) is 2.95. The van der Waals surface area contributed by atoms with Crippen molar-refractivity contribution in [1.29, 1.82) is 0 Å². The summed E-state index contributed by atoms with van der Waals surface area (Å²) in [4.78, 5) is 23.6. The SMILES string of the molecule is Cc1cc(C(=O)OCC(=O)Nc2cc(Cl)cc(Cl)c2)c(C)o1. The van der Waals surface area contributed by atoms with E-state index < -0.39 is 18.5 Å². The van der Waals surface area contributed by atoms with Gasteiger partial charge in [0.05, 0.1) is 0 Å². The molecule has 0 fully saturated rings. The number of ether oxygens (including phenoxy) is 1. The summed E-state index contributed by atoms with van der Waals surface area (Å²) in [6, 6.07) is 6.18. The molecule has 7 heteroatoms. The number of esters is 1. The Kier molecular flexibility index (Phi) is 5.11. The summed E-state index contributed by atoms with van der Waals surface area (Å²) >= 11 is 11.7. The first-order valence-corrected chi connectivity index (χ1v) is 7.11. The average Bonchev–Trinajstić information content (AvgIpc) is 2.74. The number of aryl methyl sites for hydroxylation is 2. The van der Waals surface area contributed by atoms with Crippen LogP contribution in [0, 0.1) is 13.8 Å². The number of hydrogen-bond acceptors (Lipinski definition) is 4. The Morgan fingerprint density at radius 2 is 1.77 bits per heavy atom. The predicted molar refractivity (Wildman–Crippen MR) is 83.6 cm³/mol. The van der Waals surface area contributed by atoms with E-state index in [4.69, 9.17) is 32.4 Å². The first-order valence-electron chi connectivity index (χ1n) is 6.35. The van der Waals surface area contributed by atoms with Crippen molar-refractivity contribution in [2.24, 2.45) is 0 Å². The van der Waals surface area contributed by atoms with Gasteiger partial charge in [-0.3, -0.25) is 4.79 Å². The number of furan rings is 1. The van der Waals surface area contributed by atoms with E-state index in [9.17, 15) is 9.59 Å². The topological polar surface area (TPSA) is 68.5 Å². The van der Waals surface area contributed by atoms with Gasteiger partial charge in [0.2, 0.25) is 0 Å². The maximum atomic E-state index is 11.8. The van der Waals surface area contributed by atoms with Crippen LogP contribution in [0.15, 0.2) is 28.7 Å². The molecule has 2 aromatic rings. The molecule has 1 heterocycles. The largest absolute Gasteiger partial charge is 0.466 e. The van der Waals surface area contributed by atoms with Gasteiger partial charge in [-0.25, -0.2) is 4.79 Å². The second-order valence-electron chi connectivity index (χ2n) is 4.61. The lowest BCUT2D eigenvalue weighted by molar-refractivity contribution is -0.119. The highest BCUT2D eigenvalue weighted by atomic mass is 35.5. The molecule has 2 rings (SSSR count). The molecule has 0 spiro atoms. The number of carbonyl (C=O) groups excluding carboxylic acids is 2. The smallest absolute Gasteiger partial charge is 0.342 e. The highest BCUT2D eigenvalue weighted by molar-refractivity contribution is 6.35. The summed E-state index contributed by atoms with van der Waals surface area (Å²) in [7, 11) is 0. The standard InChI is InChI=1S/C15H13Cl2NO4/c1-8-3-13(9(2)22-8)15(20)21-7-14(19)18-12-5-10(16)4-11(17)6-12/h3-6H,7H2,1-2H3,(H,18,19). The lowest BCUT2D eigenvalue weighted by Crippen LogP contribution is -2.21. The zero-order valence-corrected chi connectivity index (χ0v) is 13.4. The van der Waals surface area contributed by atoms with E-state index in [1.807, 2.05) is 0 Å². The molecule has 0 aliphatic rings. The quantitative estimate of drug-likeness (QED) is 0.853. The fourth-order valence-corrected chi connectivity index (χ4v) is 2.39. The Bertz CT molecular complexity index is 704. The van der Waals surface area contributed by atoms with Crippen LogP contribution in [0.1, 0.15) is 21.9 Å². The lowest BCUT2D eigenvalue weighted by atomic mass is 10.2.